The van der Waals surface area contributed by atoms with Gasteiger partial charge in [-0.05, 0) is 43.1 Å². The summed E-state index contributed by atoms with van der Waals surface area (Å²) < 4.78 is 5.95. The molecule has 20 heavy (non-hydrogen) atoms. The molecule has 2 aromatic heterocycles. The van der Waals surface area contributed by atoms with Crippen LogP contribution in [-0.4, -0.2) is 21.1 Å². The number of nitrogens with one attached hydrogen (secondary N) is 1. The Hall–Kier alpha value is -1.58. The highest BCUT2D eigenvalue weighted by Crippen LogP contribution is 2.27. The van der Waals surface area contributed by atoms with Crippen LogP contribution < -0.4 is 4.74 Å². The highest BCUT2D eigenvalue weighted by atomic mass is 16.5. The summed E-state index contributed by atoms with van der Waals surface area (Å²) in [5, 5.41) is 0. The van der Waals surface area contributed by atoms with Crippen molar-refractivity contribution in [2.75, 3.05) is 0 Å². The van der Waals surface area contributed by atoms with Gasteiger partial charge in [0.2, 0.25) is 5.88 Å². The molecule has 0 radical (unpaired) electrons. The largest absolute Gasteiger partial charge is 0.473 e. The lowest BCUT2D eigenvalue weighted by atomic mass is 9.89. The minimum atomic E-state index is 0.235. The molecule has 4 heteroatoms. The van der Waals surface area contributed by atoms with Crippen LogP contribution in [0.1, 0.15) is 52.0 Å². The quantitative estimate of drug-likeness (QED) is 0.923. The lowest BCUT2D eigenvalue weighted by Crippen LogP contribution is -2.12. The van der Waals surface area contributed by atoms with Crippen molar-refractivity contribution in [1.82, 2.24) is 15.0 Å². The summed E-state index contributed by atoms with van der Waals surface area (Å²) in [6.45, 7) is 6.70. The topological polar surface area (TPSA) is 50.8 Å². The Morgan fingerprint density at radius 3 is 2.75 bits per heavy atom. The molecule has 4 nitrogen and oxygen atoms in total. The first-order valence-electron chi connectivity index (χ1n) is 7.51. The minimum absolute atomic E-state index is 0.235. The first kappa shape index (κ1) is 13.4. The summed E-state index contributed by atoms with van der Waals surface area (Å²) in [6, 6.07) is 0. The second kappa shape index (κ2) is 5.08. The monoisotopic (exact) mass is 273 g/mol. The molecular weight excluding hydrogens is 250 g/mol. The molecule has 0 unspecified atom stereocenters. The molecule has 3 rings (SSSR count). The van der Waals surface area contributed by atoms with Gasteiger partial charge in [0.15, 0.2) is 5.65 Å². The van der Waals surface area contributed by atoms with Gasteiger partial charge in [-0.3, -0.25) is 0 Å². The van der Waals surface area contributed by atoms with Gasteiger partial charge in [-0.2, -0.15) is 0 Å². The standard InChI is InChI=1S/C16H23N3O/c1-16(2,3)8-11-9-17-15-14(11)19-13(10-18-15)20-12-6-4-5-7-12/h9-10,12H,4-8H2,1-3H3,(H,17,18). The van der Waals surface area contributed by atoms with Gasteiger partial charge in [0.25, 0.3) is 0 Å². The average Bonchev–Trinajstić information content (AvgIpc) is 2.98. The maximum atomic E-state index is 5.95. The number of aromatic nitrogens is 3. The Morgan fingerprint density at radius 1 is 1.30 bits per heavy atom. The highest BCUT2D eigenvalue weighted by molar-refractivity contribution is 5.75. The van der Waals surface area contributed by atoms with E-state index in [1.165, 1.54) is 18.4 Å². The summed E-state index contributed by atoms with van der Waals surface area (Å²) in [7, 11) is 0. The lowest BCUT2D eigenvalue weighted by Gasteiger charge is -2.17. The van der Waals surface area contributed by atoms with Crippen LogP contribution >= 0.6 is 0 Å². The van der Waals surface area contributed by atoms with E-state index in [0.717, 1.165) is 30.4 Å². The van der Waals surface area contributed by atoms with Gasteiger partial charge >= 0.3 is 0 Å². The Labute approximate surface area is 120 Å². The third-order valence-electron chi connectivity index (χ3n) is 3.75. The molecule has 1 fully saturated rings. The van der Waals surface area contributed by atoms with Crippen LogP contribution in [0.25, 0.3) is 11.2 Å². The third-order valence-corrected chi connectivity index (χ3v) is 3.75. The van der Waals surface area contributed by atoms with Crippen LogP contribution in [0, 0.1) is 5.41 Å². The van der Waals surface area contributed by atoms with E-state index in [1.807, 2.05) is 6.20 Å². The number of hydrogen-bond donors (Lipinski definition) is 1. The first-order valence-corrected chi connectivity index (χ1v) is 7.51. The van der Waals surface area contributed by atoms with Crippen molar-refractivity contribution in [3.05, 3.63) is 18.0 Å². The molecule has 0 amide bonds. The number of rotatable bonds is 3. The van der Waals surface area contributed by atoms with Crippen LogP contribution in [0.15, 0.2) is 12.4 Å². The van der Waals surface area contributed by atoms with Crippen molar-refractivity contribution in [2.24, 2.45) is 5.41 Å². The van der Waals surface area contributed by atoms with Gasteiger partial charge in [-0.15, -0.1) is 0 Å². The molecule has 1 N–H and O–H groups in total. The predicted octanol–water partition coefficient (Wildman–Crippen LogP) is 3.87. The van der Waals surface area contributed by atoms with Gasteiger partial charge in [0.05, 0.1) is 6.20 Å². The molecular formula is C16H23N3O. The highest BCUT2D eigenvalue weighted by Gasteiger charge is 2.19. The van der Waals surface area contributed by atoms with Gasteiger partial charge < -0.3 is 9.72 Å². The zero-order valence-electron chi connectivity index (χ0n) is 12.6. The Morgan fingerprint density at radius 2 is 2.05 bits per heavy atom. The van der Waals surface area contributed by atoms with E-state index in [1.54, 1.807) is 6.20 Å². The summed E-state index contributed by atoms with van der Waals surface area (Å²) in [5.41, 5.74) is 3.26. The zero-order valence-corrected chi connectivity index (χ0v) is 12.6. The van der Waals surface area contributed by atoms with Crippen molar-refractivity contribution >= 4 is 11.2 Å². The maximum absolute atomic E-state index is 5.95. The molecule has 108 valence electrons. The fraction of sp³-hybridized carbons (Fsp3) is 0.625. The summed E-state index contributed by atoms with van der Waals surface area (Å²) in [4.78, 5) is 12.3. The summed E-state index contributed by atoms with van der Waals surface area (Å²) in [5.74, 6) is 0.666. The molecule has 1 aliphatic rings. The molecule has 0 saturated heterocycles. The van der Waals surface area contributed by atoms with Crippen molar-refractivity contribution in [3.8, 4) is 5.88 Å². The van der Waals surface area contributed by atoms with E-state index < -0.39 is 0 Å². The molecule has 0 bridgehead atoms. The molecule has 0 atom stereocenters. The van der Waals surface area contributed by atoms with Crippen molar-refractivity contribution in [2.45, 2.75) is 59.0 Å². The van der Waals surface area contributed by atoms with Crippen LogP contribution in [0.4, 0.5) is 0 Å². The molecule has 0 aliphatic heterocycles. The minimum Gasteiger partial charge on any atom is -0.473 e. The number of nitrogens with zero attached hydrogens (tertiary/aromatic N) is 2. The number of fused-ring (bicyclic) bond motifs is 1. The van der Waals surface area contributed by atoms with Crippen molar-refractivity contribution in [3.63, 3.8) is 0 Å². The third kappa shape index (κ3) is 2.94. The molecule has 0 aromatic carbocycles. The SMILES string of the molecule is CC(C)(C)Cc1c[nH]c2ncc(OC3CCCC3)nc12. The van der Waals surface area contributed by atoms with E-state index in [-0.39, 0.29) is 5.41 Å². The summed E-state index contributed by atoms with van der Waals surface area (Å²) in [6.07, 6.45) is 9.87. The average molecular weight is 273 g/mol. The van der Waals surface area contributed by atoms with Crippen LogP contribution in [0.2, 0.25) is 0 Å². The number of H-pyrrole nitrogens is 1. The smallest absolute Gasteiger partial charge is 0.233 e. The fourth-order valence-corrected chi connectivity index (χ4v) is 2.87. The number of aromatic amines is 1. The zero-order chi connectivity index (χ0) is 14.2. The van der Waals surface area contributed by atoms with Gasteiger partial charge in [-0.1, -0.05) is 20.8 Å². The van der Waals surface area contributed by atoms with Gasteiger partial charge in [0.1, 0.15) is 11.6 Å². The van der Waals surface area contributed by atoms with E-state index in [0.29, 0.717) is 12.0 Å². The first-order chi connectivity index (χ1) is 9.51. The van der Waals surface area contributed by atoms with E-state index >= 15 is 0 Å². The summed E-state index contributed by atoms with van der Waals surface area (Å²) >= 11 is 0. The van der Waals surface area contributed by atoms with E-state index in [9.17, 15) is 0 Å². The number of ether oxygens (including phenoxy) is 1. The normalized spacial score (nSPS) is 16.9. The molecule has 0 spiro atoms. The van der Waals surface area contributed by atoms with E-state index in [2.05, 4.69) is 35.7 Å². The predicted molar refractivity (Wildman–Crippen MR) is 79.9 cm³/mol. The van der Waals surface area contributed by atoms with Gasteiger partial charge in [0, 0.05) is 6.20 Å². The Bertz CT molecular complexity index is 591. The van der Waals surface area contributed by atoms with Crippen molar-refractivity contribution in [1.29, 1.82) is 0 Å². The molecule has 1 aliphatic carbocycles. The second-order valence-corrected chi connectivity index (χ2v) is 6.98. The van der Waals surface area contributed by atoms with Crippen LogP contribution in [0.3, 0.4) is 0 Å². The Kier molecular flexibility index (Phi) is 3.40. The van der Waals surface area contributed by atoms with Crippen LogP contribution in [0.5, 0.6) is 5.88 Å². The van der Waals surface area contributed by atoms with E-state index in [4.69, 9.17) is 4.74 Å². The lowest BCUT2D eigenvalue weighted by molar-refractivity contribution is 0.201. The number of hydrogen-bond acceptors (Lipinski definition) is 3. The fourth-order valence-electron chi connectivity index (χ4n) is 2.87. The second-order valence-electron chi connectivity index (χ2n) is 6.98. The van der Waals surface area contributed by atoms with Crippen LogP contribution in [-0.2, 0) is 6.42 Å². The Balaban J connectivity index is 1.86. The van der Waals surface area contributed by atoms with Crippen molar-refractivity contribution < 1.29 is 4.74 Å². The molecule has 1 saturated carbocycles. The molecule has 2 aromatic rings. The molecule has 2 heterocycles. The van der Waals surface area contributed by atoms with Gasteiger partial charge in [-0.25, -0.2) is 9.97 Å². The maximum Gasteiger partial charge on any atom is 0.233 e.